The van der Waals surface area contributed by atoms with Gasteiger partial charge in [0.05, 0.1) is 4.90 Å². The van der Waals surface area contributed by atoms with E-state index in [0.29, 0.717) is 17.3 Å². The summed E-state index contributed by atoms with van der Waals surface area (Å²) in [6.45, 7) is 5.14. The third kappa shape index (κ3) is 4.68. The molecule has 0 aliphatic rings. The second kappa shape index (κ2) is 7.58. The minimum absolute atomic E-state index is 0.318. The van der Waals surface area contributed by atoms with Crippen LogP contribution in [-0.4, -0.2) is 51.9 Å². The fourth-order valence-corrected chi connectivity index (χ4v) is 3.94. The maximum atomic E-state index is 12.7. The summed E-state index contributed by atoms with van der Waals surface area (Å²) in [5.74, 6) is 0.318. The lowest BCUT2D eigenvalue weighted by molar-refractivity contribution is 0.370. The molecule has 0 fully saturated rings. The van der Waals surface area contributed by atoms with Crippen molar-refractivity contribution in [3.8, 4) is 0 Å². The minimum atomic E-state index is -3.46. The first-order valence-corrected chi connectivity index (χ1v) is 8.94. The molecule has 21 heavy (non-hydrogen) atoms. The van der Waals surface area contributed by atoms with Crippen LogP contribution in [0.5, 0.6) is 0 Å². The molecule has 120 valence electrons. The van der Waals surface area contributed by atoms with Crippen molar-refractivity contribution in [3.05, 3.63) is 28.8 Å². The first-order chi connectivity index (χ1) is 9.70. The van der Waals surface area contributed by atoms with Gasteiger partial charge in [0.2, 0.25) is 10.0 Å². The summed E-state index contributed by atoms with van der Waals surface area (Å²) in [7, 11) is 2.12. The summed E-state index contributed by atoms with van der Waals surface area (Å²) < 4.78 is 26.8. The molecule has 1 rings (SSSR count). The second-order valence-electron chi connectivity index (χ2n) is 5.66. The Kier molecular flexibility index (Phi) is 6.66. The number of halogens is 1. The lowest BCUT2D eigenvalue weighted by Gasteiger charge is -2.20. The van der Waals surface area contributed by atoms with Crippen LogP contribution < -0.4 is 0 Å². The molecule has 0 bridgehead atoms. The van der Waals surface area contributed by atoms with E-state index in [1.807, 2.05) is 38.9 Å². The molecule has 6 heteroatoms. The molecule has 4 nitrogen and oxygen atoms in total. The third-order valence-electron chi connectivity index (χ3n) is 3.54. The van der Waals surface area contributed by atoms with E-state index in [2.05, 4.69) is 0 Å². The molecule has 0 aromatic heterocycles. The number of aryl methyl sites for hydroxylation is 2. The average Bonchev–Trinajstić information content (AvgIpc) is 2.37. The number of alkyl halides is 1. The van der Waals surface area contributed by atoms with Gasteiger partial charge in [-0.1, -0.05) is 6.07 Å². The maximum Gasteiger partial charge on any atom is 0.243 e. The van der Waals surface area contributed by atoms with E-state index in [9.17, 15) is 8.42 Å². The van der Waals surface area contributed by atoms with Crippen LogP contribution in [-0.2, 0) is 15.9 Å². The molecular weight excluding hydrogens is 308 g/mol. The van der Waals surface area contributed by atoms with Gasteiger partial charge in [0.1, 0.15) is 0 Å². The first kappa shape index (κ1) is 18.4. The van der Waals surface area contributed by atoms with Crippen molar-refractivity contribution in [2.24, 2.45) is 0 Å². The molecule has 0 unspecified atom stereocenters. The van der Waals surface area contributed by atoms with Crippen LogP contribution in [0.4, 0.5) is 0 Å². The van der Waals surface area contributed by atoms with Crippen molar-refractivity contribution in [2.75, 3.05) is 34.2 Å². The molecule has 0 aliphatic heterocycles. The summed E-state index contributed by atoms with van der Waals surface area (Å²) in [6.07, 6.45) is 0.802. The molecule has 0 radical (unpaired) electrons. The molecule has 0 atom stereocenters. The van der Waals surface area contributed by atoms with Gasteiger partial charge in [0.25, 0.3) is 0 Å². The van der Waals surface area contributed by atoms with Crippen molar-refractivity contribution >= 4 is 21.6 Å². The van der Waals surface area contributed by atoms with Gasteiger partial charge < -0.3 is 4.90 Å². The topological polar surface area (TPSA) is 40.6 Å². The van der Waals surface area contributed by atoms with Crippen molar-refractivity contribution in [3.63, 3.8) is 0 Å². The Morgan fingerprint density at radius 1 is 1.05 bits per heavy atom. The highest BCUT2D eigenvalue weighted by Gasteiger charge is 2.23. The quantitative estimate of drug-likeness (QED) is 0.721. The summed E-state index contributed by atoms with van der Waals surface area (Å²) >= 11 is 5.89. The third-order valence-corrected chi connectivity index (χ3v) is 5.83. The van der Waals surface area contributed by atoms with Gasteiger partial charge in [0, 0.05) is 19.5 Å². The van der Waals surface area contributed by atoms with E-state index in [1.165, 1.54) is 4.31 Å². The molecule has 1 aromatic carbocycles. The average molecular weight is 333 g/mol. The minimum Gasteiger partial charge on any atom is -0.309 e. The number of rotatable bonds is 7. The van der Waals surface area contributed by atoms with Crippen LogP contribution in [0.15, 0.2) is 17.0 Å². The Balaban J connectivity index is 3.02. The summed E-state index contributed by atoms with van der Waals surface area (Å²) in [4.78, 5) is 2.40. The fraction of sp³-hybridized carbons (Fsp3) is 0.600. The molecule has 0 spiro atoms. The Morgan fingerprint density at radius 2 is 1.67 bits per heavy atom. The Hall–Kier alpha value is -0.620. The monoisotopic (exact) mass is 332 g/mol. The Morgan fingerprint density at radius 3 is 2.19 bits per heavy atom. The zero-order valence-corrected chi connectivity index (χ0v) is 15.1. The molecule has 0 N–H and O–H groups in total. The van der Waals surface area contributed by atoms with Crippen molar-refractivity contribution < 1.29 is 8.42 Å². The first-order valence-electron chi connectivity index (χ1n) is 6.97. The summed E-state index contributed by atoms with van der Waals surface area (Å²) in [6, 6.07) is 3.59. The smallest absolute Gasteiger partial charge is 0.243 e. The summed E-state index contributed by atoms with van der Waals surface area (Å²) in [5, 5.41) is 0. The molecule has 0 heterocycles. The molecule has 0 aliphatic carbocycles. The number of nitrogens with zero attached hydrogens (tertiary/aromatic N) is 2. The van der Waals surface area contributed by atoms with Gasteiger partial charge in [-0.05, 0) is 63.7 Å². The highest BCUT2D eigenvalue weighted by Crippen LogP contribution is 2.24. The molecular formula is C15H25ClN2O2S. The standard InChI is InChI=1S/C15H25ClN2O2S/c1-12-9-13(2)15(10-14(12)11-16)21(19,20)18(5)8-6-7-17(3)4/h9-10H,6-8,11H2,1-5H3. The van der Waals surface area contributed by atoms with Crippen LogP contribution in [0.1, 0.15) is 23.1 Å². The Labute approximate surface area is 133 Å². The van der Waals surface area contributed by atoms with Gasteiger partial charge in [-0.2, -0.15) is 0 Å². The number of benzene rings is 1. The van der Waals surface area contributed by atoms with Crippen molar-refractivity contribution in [1.82, 2.24) is 9.21 Å². The fourth-order valence-electron chi connectivity index (χ4n) is 2.19. The maximum absolute atomic E-state index is 12.7. The highest BCUT2D eigenvalue weighted by atomic mass is 35.5. The number of sulfonamides is 1. The summed E-state index contributed by atoms with van der Waals surface area (Å²) in [5.41, 5.74) is 2.65. The lowest BCUT2D eigenvalue weighted by Crippen LogP contribution is -2.30. The van der Waals surface area contributed by atoms with Crippen LogP contribution in [0.2, 0.25) is 0 Å². The number of hydrogen-bond donors (Lipinski definition) is 0. The van der Waals surface area contributed by atoms with E-state index in [1.54, 1.807) is 13.1 Å². The van der Waals surface area contributed by atoms with Gasteiger partial charge in [0.15, 0.2) is 0 Å². The van der Waals surface area contributed by atoms with Gasteiger partial charge in [-0.15, -0.1) is 11.6 Å². The van der Waals surface area contributed by atoms with Crippen LogP contribution in [0.25, 0.3) is 0 Å². The predicted molar refractivity (Wildman–Crippen MR) is 88.5 cm³/mol. The predicted octanol–water partition coefficient (Wildman–Crippen LogP) is 2.61. The Bertz CT molecular complexity index is 586. The van der Waals surface area contributed by atoms with Gasteiger partial charge >= 0.3 is 0 Å². The van der Waals surface area contributed by atoms with E-state index in [0.717, 1.165) is 29.7 Å². The van der Waals surface area contributed by atoms with Crippen LogP contribution in [0.3, 0.4) is 0 Å². The largest absolute Gasteiger partial charge is 0.309 e. The van der Waals surface area contributed by atoms with Gasteiger partial charge in [-0.25, -0.2) is 12.7 Å². The zero-order chi connectivity index (χ0) is 16.2. The highest BCUT2D eigenvalue weighted by molar-refractivity contribution is 7.89. The van der Waals surface area contributed by atoms with E-state index < -0.39 is 10.0 Å². The van der Waals surface area contributed by atoms with Gasteiger partial charge in [-0.3, -0.25) is 0 Å². The van der Waals surface area contributed by atoms with Crippen molar-refractivity contribution in [2.45, 2.75) is 31.0 Å². The molecule has 1 aromatic rings. The van der Waals surface area contributed by atoms with E-state index >= 15 is 0 Å². The number of hydrogen-bond acceptors (Lipinski definition) is 3. The molecule has 0 amide bonds. The van der Waals surface area contributed by atoms with Crippen LogP contribution >= 0.6 is 11.6 Å². The molecule has 0 saturated carbocycles. The lowest BCUT2D eigenvalue weighted by atomic mass is 10.1. The normalized spacial score (nSPS) is 12.4. The van der Waals surface area contributed by atoms with Crippen LogP contribution in [0, 0.1) is 13.8 Å². The molecule has 0 saturated heterocycles. The van der Waals surface area contributed by atoms with E-state index in [-0.39, 0.29) is 0 Å². The SMILES string of the molecule is Cc1cc(C)c(S(=O)(=O)N(C)CCCN(C)C)cc1CCl. The zero-order valence-electron chi connectivity index (χ0n) is 13.5. The van der Waals surface area contributed by atoms with Crippen molar-refractivity contribution in [1.29, 1.82) is 0 Å². The van der Waals surface area contributed by atoms with E-state index in [4.69, 9.17) is 11.6 Å². The second-order valence-corrected chi connectivity index (χ2v) is 7.94.